The number of fused-ring (bicyclic) bond motifs is 1. The summed E-state index contributed by atoms with van der Waals surface area (Å²) in [7, 11) is 4.69. The maximum absolute atomic E-state index is 6.02. The molecule has 1 aromatic heterocycles. The predicted molar refractivity (Wildman–Crippen MR) is 93.9 cm³/mol. The first kappa shape index (κ1) is 16.1. The summed E-state index contributed by atoms with van der Waals surface area (Å²) < 4.78 is 16.0. The molecule has 24 heavy (non-hydrogen) atoms. The van der Waals surface area contributed by atoms with Crippen molar-refractivity contribution < 1.29 is 14.2 Å². The topological polar surface area (TPSA) is 65.5 Å². The van der Waals surface area contributed by atoms with Crippen LogP contribution in [0.2, 0.25) is 5.02 Å². The molecule has 0 amide bonds. The molecule has 0 spiro atoms. The summed E-state index contributed by atoms with van der Waals surface area (Å²) in [5, 5.41) is 4.67. The number of methoxy groups -OCH3 is 3. The van der Waals surface area contributed by atoms with E-state index in [0.29, 0.717) is 33.9 Å². The Hall–Kier alpha value is -2.73. The van der Waals surface area contributed by atoms with Gasteiger partial charge >= 0.3 is 0 Å². The standard InChI is InChI=1S/C17H16ClN3O3/c1-22-14-7-12(8-15(23-2)16(14)24-3)20-17-19-9-10-4-5-11(18)6-13(10)21-17/h4-9H,1-3H3,(H,19,20,21). The third-order valence-electron chi connectivity index (χ3n) is 3.47. The Labute approximate surface area is 144 Å². The van der Waals surface area contributed by atoms with Gasteiger partial charge in [0.15, 0.2) is 11.5 Å². The van der Waals surface area contributed by atoms with E-state index in [0.717, 1.165) is 10.9 Å². The van der Waals surface area contributed by atoms with Crippen LogP contribution in [0.25, 0.3) is 10.9 Å². The minimum Gasteiger partial charge on any atom is -0.493 e. The molecule has 0 aliphatic rings. The summed E-state index contributed by atoms with van der Waals surface area (Å²) in [6.45, 7) is 0. The molecule has 124 valence electrons. The van der Waals surface area contributed by atoms with E-state index < -0.39 is 0 Å². The van der Waals surface area contributed by atoms with Crippen molar-refractivity contribution in [1.29, 1.82) is 0 Å². The average Bonchev–Trinajstić information content (AvgIpc) is 2.60. The van der Waals surface area contributed by atoms with Crippen LogP contribution in [0.1, 0.15) is 0 Å². The molecule has 2 aromatic carbocycles. The summed E-state index contributed by atoms with van der Waals surface area (Å²) >= 11 is 6.02. The quantitative estimate of drug-likeness (QED) is 0.752. The van der Waals surface area contributed by atoms with Gasteiger partial charge in [0, 0.05) is 34.4 Å². The SMILES string of the molecule is COc1cc(Nc2ncc3ccc(Cl)cc3n2)cc(OC)c1OC. The van der Waals surface area contributed by atoms with Gasteiger partial charge < -0.3 is 19.5 Å². The number of rotatable bonds is 5. The first-order chi connectivity index (χ1) is 11.6. The van der Waals surface area contributed by atoms with E-state index in [1.165, 1.54) is 0 Å². The molecular weight excluding hydrogens is 330 g/mol. The van der Waals surface area contributed by atoms with E-state index in [2.05, 4.69) is 15.3 Å². The molecule has 0 fully saturated rings. The van der Waals surface area contributed by atoms with Crippen LogP contribution >= 0.6 is 11.6 Å². The van der Waals surface area contributed by atoms with Crippen LogP contribution in [0.15, 0.2) is 36.5 Å². The largest absolute Gasteiger partial charge is 0.493 e. The minimum absolute atomic E-state index is 0.444. The summed E-state index contributed by atoms with van der Waals surface area (Å²) in [6, 6.07) is 9.04. The van der Waals surface area contributed by atoms with Gasteiger partial charge in [-0.05, 0) is 18.2 Å². The second-order valence-corrected chi connectivity index (χ2v) is 5.37. The van der Waals surface area contributed by atoms with Crippen LogP contribution in [-0.4, -0.2) is 31.3 Å². The maximum atomic E-state index is 6.02. The average molecular weight is 346 g/mol. The Balaban J connectivity index is 1.98. The second-order valence-electron chi connectivity index (χ2n) is 4.94. The number of halogens is 1. The Bertz CT molecular complexity index is 861. The van der Waals surface area contributed by atoms with Crippen LogP contribution < -0.4 is 19.5 Å². The fraction of sp³-hybridized carbons (Fsp3) is 0.176. The van der Waals surface area contributed by atoms with Crippen molar-refractivity contribution in [1.82, 2.24) is 9.97 Å². The molecule has 7 heteroatoms. The lowest BCUT2D eigenvalue weighted by Gasteiger charge is -2.14. The smallest absolute Gasteiger partial charge is 0.227 e. The molecule has 1 heterocycles. The highest BCUT2D eigenvalue weighted by Gasteiger charge is 2.13. The number of benzene rings is 2. The van der Waals surface area contributed by atoms with E-state index in [9.17, 15) is 0 Å². The molecule has 0 atom stereocenters. The third-order valence-corrected chi connectivity index (χ3v) is 3.70. The van der Waals surface area contributed by atoms with Crippen LogP contribution in [0.4, 0.5) is 11.6 Å². The fourth-order valence-corrected chi connectivity index (χ4v) is 2.51. The number of anilines is 2. The molecule has 3 rings (SSSR count). The van der Waals surface area contributed by atoms with Crippen molar-refractivity contribution in [3.63, 3.8) is 0 Å². The first-order valence-corrected chi connectivity index (χ1v) is 7.51. The van der Waals surface area contributed by atoms with Crippen LogP contribution in [-0.2, 0) is 0 Å². The highest BCUT2D eigenvalue weighted by Crippen LogP contribution is 2.40. The number of nitrogens with zero attached hydrogens (tertiary/aromatic N) is 2. The molecule has 3 aromatic rings. The van der Waals surface area contributed by atoms with Gasteiger partial charge in [-0.25, -0.2) is 9.97 Å². The molecule has 0 bridgehead atoms. The third kappa shape index (κ3) is 3.14. The first-order valence-electron chi connectivity index (χ1n) is 7.14. The summed E-state index contributed by atoms with van der Waals surface area (Å²) in [6.07, 6.45) is 1.74. The molecule has 0 radical (unpaired) electrons. The molecule has 0 aliphatic heterocycles. The predicted octanol–water partition coefficient (Wildman–Crippen LogP) is 4.05. The number of aromatic nitrogens is 2. The highest BCUT2D eigenvalue weighted by molar-refractivity contribution is 6.31. The van der Waals surface area contributed by atoms with Crippen molar-refractivity contribution in [3.8, 4) is 17.2 Å². The molecule has 1 N–H and O–H groups in total. The van der Waals surface area contributed by atoms with E-state index >= 15 is 0 Å². The van der Waals surface area contributed by atoms with Crippen molar-refractivity contribution in [3.05, 3.63) is 41.6 Å². The van der Waals surface area contributed by atoms with Crippen LogP contribution in [0.3, 0.4) is 0 Å². The number of ether oxygens (including phenoxy) is 3. The van der Waals surface area contributed by atoms with Gasteiger partial charge in [-0.2, -0.15) is 0 Å². The van der Waals surface area contributed by atoms with E-state index in [4.69, 9.17) is 25.8 Å². The maximum Gasteiger partial charge on any atom is 0.227 e. The Morgan fingerprint density at radius 1 is 0.958 bits per heavy atom. The summed E-state index contributed by atoms with van der Waals surface area (Å²) in [5.74, 6) is 2.06. The normalized spacial score (nSPS) is 10.5. The summed E-state index contributed by atoms with van der Waals surface area (Å²) in [4.78, 5) is 8.77. The van der Waals surface area contributed by atoms with Gasteiger partial charge in [0.1, 0.15) is 0 Å². The second kappa shape index (κ2) is 6.80. The van der Waals surface area contributed by atoms with Gasteiger partial charge in [-0.3, -0.25) is 0 Å². The Morgan fingerprint density at radius 3 is 2.29 bits per heavy atom. The van der Waals surface area contributed by atoms with E-state index in [1.807, 2.05) is 6.07 Å². The highest BCUT2D eigenvalue weighted by atomic mass is 35.5. The van der Waals surface area contributed by atoms with Gasteiger partial charge in [0.2, 0.25) is 11.7 Å². The van der Waals surface area contributed by atoms with E-state index in [-0.39, 0.29) is 0 Å². The number of nitrogens with one attached hydrogen (secondary N) is 1. The van der Waals surface area contributed by atoms with Gasteiger partial charge in [0.25, 0.3) is 0 Å². The Morgan fingerprint density at radius 2 is 1.67 bits per heavy atom. The molecule has 0 saturated heterocycles. The number of hydrogen-bond donors (Lipinski definition) is 1. The zero-order valence-electron chi connectivity index (χ0n) is 13.5. The monoisotopic (exact) mass is 345 g/mol. The lowest BCUT2D eigenvalue weighted by Crippen LogP contribution is -2.00. The van der Waals surface area contributed by atoms with E-state index in [1.54, 1.807) is 51.8 Å². The fourth-order valence-electron chi connectivity index (χ4n) is 2.34. The molecule has 0 aliphatic carbocycles. The molecule has 0 saturated carbocycles. The lowest BCUT2D eigenvalue weighted by atomic mass is 10.2. The van der Waals surface area contributed by atoms with Crippen LogP contribution in [0.5, 0.6) is 17.2 Å². The number of hydrogen-bond acceptors (Lipinski definition) is 6. The van der Waals surface area contributed by atoms with Crippen molar-refractivity contribution in [2.45, 2.75) is 0 Å². The van der Waals surface area contributed by atoms with Crippen molar-refractivity contribution in [2.75, 3.05) is 26.6 Å². The van der Waals surface area contributed by atoms with Gasteiger partial charge in [0.05, 0.1) is 26.8 Å². The lowest BCUT2D eigenvalue weighted by molar-refractivity contribution is 0.324. The molecule has 0 unspecified atom stereocenters. The molecular formula is C17H16ClN3O3. The van der Waals surface area contributed by atoms with Crippen LogP contribution in [0, 0.1) is 0 Å². The zero-order chi connectivity index (χ0) is 17.1. The zero-order valence-corrected chi connectivity index (χ0v) is 14.2. The van der Waals surface area contributed by atoms with Crippen molar-refractivity contribution in [2.24, 2.45) is 0 Å². The summed E-state index contributed by atoms with van der Waals surface area (Å²) in [5.41, 5.74) is 1.47. The van der Waals surface area contributed by atoms with Gasteiger partial charge in [-0.1, -0.05) is 11.6 Å². The minimum atomic E-state index is 0.444. The molecule has 6 nitrogen and oxygen atoms in total. The van der Waals surface area contributed by atoms with Crippen molar-refractivity contribution >= 4 is 34.1 Å². The Kier molecular flexibility index (Phi) is 4.57. The van der Waals surface area contributed by atoms with Gasteiger partial charge in [-0.15, -0.1) is 0 Å².